The van der Waals surface area contributed by atoms with Gasteiger partial charge in [-0.15, -0.1) is 12.4 Å². The van der Waals surface area contributed by atoms with E-state index in [0.717, 1.165) is 5.69 Å². The maximum absolute atomic E-state index is 12.3. The Morgan fingerprint density at radius 1 is 1.40 bits per heavy atom. The molecule has 1 heterocycles. The van der Waals surface area contributed by atoms with Crippen LogP contribution in [0.15, 0.2) is 30.3 Å². The molecule has 0 bridgehead atoms. The van der Waals surface area contributed by atoms with E-state index in [0.29, 0.717) is 6.42 Å². The summed E-state index contributed by atoms with van der Waals surface area (Å²) in [5.74, 6) is -0.367. The lowest BCUT2D eigenvalue weighted by atomic mass is 10.2. The van der Waals surface area contributed by atoms with Crippen molar-refractivity contribution in [3.05, 3.63) is 30.3 Å². The number of benzene rings is 1. The van der Waals surface area contributed by atoms with Crippen molar-refractivity contribution in [1.29, 1.82) is 0 Å². The van der Waals surface area contributed by atoms with E-state index < -0.39 is 12.1 Å². The summed E-state index contributed by atoms with van der Waals surface area (Å²) in [6.45, 7) is 3.58. The lowest BCUT2D eigenvalue weighted by molar-refractivity contribution is -0.127. The van der Waals surface area contributed by atoms with E-state index in [1.165, 1.54) is 0 Å². The highest BCUT2D eigenvalue weighted by Gasteiger charge is 2.38. The molecule has 110 valence electrons. The van der Waals surface area contributed by atoms with Crippen LogP contribution in [0.5, 0.6) is 0 Å². The van der Waals surface area contributed by atoms with E-state index >= 15 is 0 Å². The first-order chi connectivity index (χ1) is 9.00. The van der Waals surface area contributed by atoms with Gasteiger partial charge in [0.25, 0.3) is 0 Å². The van der Waals surface area contributed by atoms with E-state index in [9.17, 15) is 9.59 Å². The summed E-state index contributed by atoms with van der Waals surface area (Å²) in [6, 6.07) is 8.46. The van der Waals surface area contributed by atoms with Gasteiger partial charge in [-0.2, -0.15) is 0 Å². The molecule has 3 atom stereocenters. The molecular weight excluding hydrogens is 278 g/mol. The number of para-hydroxylation sites is 1. The third-order valence-electron chi connectivity index (χ3n) is 3.32. The Balaban J connectivity index is 0.00000200. The summed E-state index contributed by atoms with van der Waals surface area (Å²) in [5, 5.41) is 2.70. The molecule has 1 aliphatic rings. The summed E-state index contributed by atoms with van der Waals surface area (Å²) in [6.07, 6.45) is 0.603. The van der Waals surface area contributed by atoms with Crippen molar-refractivity contribution in [2.45, 2.75) is 38.4 Å². The molecule has 1 aliphatic heterocycles. The average molecular weight is 298 g/mol. The van der Waals surface area contributed by atoms with Gasteiger partial charge in [0.05, 0.1) is 6.04 Å². The predicted octanol–water partition coefficient (Wildman–Crippen LogP) is 1.07. The lowest BCUT2D eigenvalue weighted by Gasteiger charge is -2.21. The Kier molecular flexibility index (Phi) is 5.53. The summed E-state index contributed by atoms with van der Waals surface area (Å²) < 4.78 is 0. The number of hydrogen-bond acceptors (Lipinski definition) is 3. The molecular formula is C14H20ClN3O2. The number of nitrogens with zero attached hydrogens (tertiary/aromatic N) is 1. The van der Waals surface area contributed by atoms with Crippen LogP contribution in [0, 0.1) is 0 Å². The molecule has 0 saturated carbocycles. The number of carbonyl (C=O) groups excluding carboxylic acids is 2. The Labute approximate surface area is 124 Å². The summed E-state index contributed by atoms with van der Waals surface area (Å²) in [7, 11) is 0. The zero-order valence-corrected chi connectivity index (χ0v) is 12.4. The SMILES string of the molecule is CC1CC(NC(=O)[C@H](C)N)C(=O)N1c1ccccc1.Cl. The normalized spacial score (nSPS) is 23.1. The van der Waals surface area contributed by atoms with Crippen molar-refractivity contribution >= 4 is 29.9 Å². The van der Waals surface area contributed by atoms with Crippen LogP contribution < -0.4 is 16.0 Å². The monoisotopic (exact) mass is 297 g/mol. The van der Waals surface area contributed by atoms with Gasteiger partial charge in [0.1, 0.15) is 6.04 Å². The lowest BCUT2D eigenvalue weighted by Crippen LogP contribution is -2.47. The zero-order valence-electron chi connectivity index (χ0n) is 11.6. The maximum atomic E-state index is 12.3. The van der Waals surface area contributed by atoms with Crippen LogP contribution in [-0.4, -0.2) is 29.9 Å². The topological polar surface area (TPSA) is 75.4 Å². The Morgan fingerprint density at radius 3 is 2.55 bits per heavy atom. The van der Waals surface area contributed by atoms with Gasteiger partial charge in [0, 0.05) is 11.7 Å². The van der Waals surface area contributed by atoms with Gasteiger partial charge in [-0.3, -0.25) is 9.59 Å². The number of amides is 2. The van der Waals surface area contributed by atoms with E-state index in [4.69, 9.17) is 5.73 Å². The maximum Gasteiger partial charge on any atom is 0.249 e. The van der Waals surface area contributed by atoms with Gasteiger partial charge >= 0.3 is 0 Å². The number of nitrogens with one attached hydrogen (secondary N) is 1. The van der Waals surface area contributed by atoms with E-state index in [1.54, 1.807) is 11.8 Å². The zero-order chi connectivity index (χ0) is 14.0. The molecule has 3 N–H and O–H groups in total. The van der Waals surface area contributed by atoms with Crippen LogP contribution >= 0.6 is 12.4 Å². The third-order valence-corrected chi connectivity index (χ3v) is 3.32. The molecule has 2 amide bonds. The van der Waals surface area contributed by atoms with E-state index in [-0.39, 0.29) is 30.3 Å². The van der Waals surface area contributed by atoms with Crippen LogP contribution in [0.25, 0.3) is 0 Å². The molecule has 0 spiro atoms. The van der Waals surface area contributed by atoms with Gasteiger partial charge in [0.15, 0.2) is 0 Å². The first kappa shape index (κ1) is 16.5. The molecule has 1 fully saturated rings. The Bertz CT molecular complexity index is 479. The Hall–Kier alpha value is -1.59. The fourth-order valence-electron chi connectivity index (χ4n) is 2.33. The number of rotatable bonds is 3. The van der Waals surface area contributed by atoms with Crippen LogP contribution in [0.1, 0.15) is 20.3 Å². The quantitative estimate of drug-likeness (QED) is 0.876. The highest BCUT2D eigenvalue weighted by molar-refractivity contribution is 6.02. The first-order valence-corrected chi connectivity index (χ1v) is 6.44. The van der Waals surface area contributed by atoms with Crippen molar-refractivity contribution in [2.75, 3.05) is 4.90 Å². The van der Waals surface area contributed by atoms with Gasteiger partial charge in [-0.25, -0.2) is 0 Å². The number of nitrogens with two attached hydrogens (primary N) is 1. The smallest absolute Gasteiger partial charge is 0.249 e. The molecule has 1 aromatic rings. The standard InChI is InChI=1S/C14H19N3O2.ClH/c1-9-8-12(16-13(18)10(2)15)14(19)17(9)11-6-4-3-5-7-11;/h3-7,9-10,12H,8,15H2,1-2H3,(H,16,18);1H/t9?,10-,12?;/m0./s1. The van der Waals surface area contributed by atoms with Crippen molar-refractivity contribution in [3.63, 3.8) is 0 Å². The summed E-state index contributed by atoms with van der Waals surface area (Å²) in [5.41, 5.74) is 6.36. The number of carbonyl (C=O) groups is 2. The molecule has 20 heavy (non-hydrogen) atoms. The van der Waals surface area contributed by atoms with Gasteiger partial charge in [0.2, 0.25) is 11.8 Å². The highest BCUT2D eigenvalue weighted by Crippen LogP contribution is 2.26. The number of anilines is 1. The molecule has 5 nitrogen and oxygen atoms in total. The van der Waals surface area contributed by atoms with Crippen molar-refractivity contribution < 1.29 is 9.59 Å². The minimum Gasteiger partial charge on any atom is -0.343 e. The minimum atomic E-state index is -0.603. The average Bonchev–Trinajstić information content (AvgIpc) is 2.65. The van der Waals surface area contributed by atoms with Gasteiger partial charge in [-0.1, -0.05) is 18.2 Å². The molecule has 1 aromatic carbocycles. The largest absolute Gasteiger partial charge is 0.343 e. The van der Waals surface area contributed by atoms with Crippen molar-refractivity contribution in [3.8, 4) is 0 Å². The van der Waals surface area contributed by atoms with Crippen LogP contribution in [0.3, 0.4) is 0 Å². The second-order valence-electron chi connectivity index (χ2n) is 4.98. The van der Waals surface area contributed by atoms with Crippen LogP contribution in [-0.2, 0) is 9.59 Å². The van der Waals surface area contributed by atoms with Crippen LogP contribution in [0.2, 0.25) is 0 Å². The molecule has 2 unspecified atom stereocenters. The second-order valence-corrected chi connectivity index (χ2v) is 4.98. The second kappa shape index (κ2) is 6.72. The highest BCUT2D eigenvalue weighted by atomic mass is 35.5. The van der Waals surface area contributed by atoms with Gasteiger partial charge < -0.3 is 16.0 Å². The molecule has 6 heteroatoms. The predicted molar refractivity (Wildman–Crippen MR) is 80.8 cm³/mol. The van der Waals surface area contributed by atoms with Crippen molar-refractivity contribution in [1.82, 2.24) is 5.32 Å². The van der Waals surface area contributed by atoms with Gasteiger partial charge in [-0.05, 0) is 32.4 Å². The molecule has 2 rings (SSSR count). The number of halogens is 1. The fraction of sp³-hybridized carbons (Fsp3) is 0.429. The fourth-order valence-corrected chi connectivity index (χ4v) is 2.33. The summed E-state index contributed by atoms with van der Waals surface area (Å²) >= 11 is 0. The first-order valence-electron chi connectivity index (χ1n) is 6.44. The molecule has 0 radical (unpaired) electrons. The molecule has 0 aromatic heterocycles. The number of hydrogen-bond donors (Lipinski definition) is 2. The van der Waals surface area contributed by atoms with E-state index in [2.05, 4.69) is 5.32 Å². The van der Waals surface area contributed by atoms with E-state index in [1.807, 2.05) is 37.3 Å². The van der Waals surface area contributed by atoms with Crippen molar-refractivity contribution in [2.24, 2.45) is 5.73 Å². The Morgan fingerprint density at radius 2 is 2.00 bits per heavy atom. The third kappa shape index (κ3) is 3.29. The minimum absolute atomic E-state index is 0. The molecule has 1 saturated heterocycles. The summed E-state index contributed by atoms with van der Waals surface area (Å²) in [4.78, 5) is 25.7. The molecule has 0 aliphatic carbocycles. The van der Waals surface area contributed by atoms with Crippen LogP contribution in [0.4, 0.5) is 5.69 Å².